The topological polar surface area (TPSA) is 24.9 Å². The van der Waals surface area contributed by atoms with Crippen LogP contribution in [0.3, 0.4) is 0 Å². The van der Waals surface area contributed by atoms with Gasteiger partial charge in [0.15, 0.2) is 0 Å². The SMILES string of the molecule is C=C(Cl)CNC(C)Cc1ccncc1. The first-order valence-corrected chi connectivity index (χ1v) is 5.02. The van der Waals surface area contributed by atoms with E-state index >= 15 is 0 Å². The fourth-order valence-electron chi connectivity index (χ4n) is 1.23. The number of hydrogen-bond donors (Lipinski definition) is 1. The number of hydrogen-bond acceptors (Lipinski definition) is 2. The summed E-state index contributed by atoms with van der Waals surface area (Å²) in [7, 11) is 0. The fourth-order valence-corrected chi connectivity index (χ4v) is 1.31. The van der Waals surface area contributed by atoms with Crippen molar-refractivity contribution < 1.29 is 0 Å². The maximum absolute atomic E-state index is 5.66. The summed E-state index contributed by atoms with van der Waals surface area (Å²) in [4.78, 5) is 3.97. The van der Waals surface area contributed by atoms with Gasteiger partial charge in [-0.15, -0.1) is 0 Å². The lowest BCUT2D eigenvalue weighted by atomic mass is 10.1. The van der Waals surface area contributed by atoms with Gasteiger partial charge in [-0.05, 0) is 31.0 Å². The molecule has 1 aromatic heterocycles. The van der Waals surface area contributed by atoms with Crippen molar-refractivity contribution in [3.63, 3.8) is 0 Å². The third-order valence-electron chi connectivity index (χ3n) is 1.93. The molecular weight excluding hydrogens is 196 g/mol. The molecule has 0 saturated carbocycles. The first-order valence-electron chi connectivity index (χ1n) is 4.64. The summed E-state index contributed by atoms with van der Waals surface area (Å²) in [6.07, 6.45) is 4.59. The fraction of sp³-hybridized carbons (Fsp3) is 0.364. The number of aromatic nitrogens is 1. The second-order valence-electron chi connectivity index (χ2n) is 3.36. The minimum atomic E-state index is 0.396. The molecule has 0 spiro atoms. The predicted octanol–water partition coefficient (Wildman–Crippen LogP) is 2.35. The minimum Gasteiger partial charge on any atom is -0.309 e. The number of nitrogens with one attached hydrogen (secondary N) is 1. The van der Waals surface area contributed by atoms with E-state index in [-0.39, 0.29) is 0 Å². The highest BCUT2D eigenvalue weighted by Crippen LogP contribution is 2.02. The molecule has 0 amide bonds. The van der Waals surface area contributed by atoms with E-state index in [0.717, 1.165) is 6.42 Å². The van der Waals surface area contributed by atoms with Crippen molar-refractivity contribution in [3.8, 4) is 0 Å². The van der Waals surface area contributed by atoms with Crippen LogP contribution in [0.25, 0.3) is 0 Å². The highest BCUT2D eigenvalue weighted by molar-refractivity contribution is 6.29. The Hall–Kier alpha value is -0.860. The molecule has 0 aliphatic rings. The van der Waals surface area contributed by atoms with E-state index in [1.807, 2.05) is 24.5 Å². The lowest BCUT2D eigenvalue weighted by Gasteiger charge is -2.12. The second-order valence-corrected chi connectivity index (χ2v) is 3.89. The Balaban J connectivity index is 2.34. The molecule has 3 heteroatoms. The lowest BCUT2D eigenvalue weighted by Crippen LogP contribution is -2.28. The third-order valence-corrected chi connectivity index (χ3v) is 2.07. The van der Waals surface area contributed by atoms with Crippen LogP contribution in [0, 0.1) is 0 Å². The first-order chi connectivity index (χ1) is 6.68. The molecule has 1 rings (SSSR count). The van der Waals surface area contributed by atoms with Gasteiger partial charge in [0.2, 0.25) is 0 Å². The number of nitrogens with zero attached hydrogens (tertiary/aromatic N) is 1. The molecular formula is C11H15ClN2. The molecule has 14 heavy (non-hydrogen) atoms. The van der Waals surface area contributed by atoms with Crippen molar-refractivity contribution in [2.24, 2.45) is 0 Å². The van der Waals surface area contributed by atoms with E-state index in [1.165, 1.54) is 5.56 Å². The zero-order valence-corrected chi connectivity index (χ0v) is 9.09. The Kier molecular flexibility index (Phi) is 4.63. The van der Waals surface area contributed by atoms with Gasteiger partial charge < -0.3 is 5.32 Å². The molecule has 0 aromatic carbocycles. The molecule has 0 radical (unpaired) electrons. The monoisotopic (exact) mass is 210 g/mol. The molecule has 0 aliphatic carbocycles. The van der Waals surface area contributed by atoms with Gasteiger partial charge in [0.25, 0.3) is 0 Å². The Morgan fingerprint density at radius 3 is 2.79 bits per heavy atom. The Labute approximate surface area is 90.0 Å². The number of pyridine rings is 1. The summed E-state index contributed by atoms with van der Waals surface area (Å²) in [6.45, 7) is 6.41. The third kappa shape index (κ3) is 4.40. The summed E-state index contributed by atoms with van der Waals surface area (Å²) in [5.74, 6) is 0. The van der Waals surface area contributed by atoms with Gasteiger partial charge in [0, 0.05) is 30.0 Å². The van der Waals surface area contributed by atoms with Gasteiger partial charge in [-0.2, -0.15) is 0 Å². The van der Waals surface area contributed by atoms with E-state index in [0.29, 0.717) is 17.6 Å². The maximum atomic E-state index is 5.66. The van der Waals surface area contributed by atoms with Crippen LogP contribution >= 0.6 is 11.6 Å². The highest BCUT2D eigenvalue weighted by atomic mass is 35.5. The normalized spacial score (nSPS) is 12.4. The van der Waals surface area contributed by atoms with Crippen LogP contribution in [0.15, 0.2) is 36.1 Å². The summed E-state index contributed by atoms with van der Waals surface area (Å²) >= 11 is 5.66. The molecule has 0 fully saturated rings. The highest BCUT2D eigenvalue weighted by Gasteiger charge is 2.02. The van der Waals surface area contributed by atoms with Crippen molar-refractivity contribution in [2.75, 3.05) is 6.54 Å². The van der Waals surface area contributed by atoms with E-state index in [4.69, 9.17) is 11.6 Å². The predicted molar refractivity (Wildman–Crippen MR) is 60.4 cm³/mol. The molecule has 1 atom stereocenters. The molecule has 1 unspecified atom stereocenters. The molecule has 1 heterocycles. The van der Waals surface area contributed by atoms with E-state index in [9.17, 15) is 0 Å². The molecule has 1 N–H and O–H groups in total. The summed E-state index contributed by atoms with van der Waals surface area (Å²) in [5, 5.41) is 3.92. The van der Waals surface area contributed by atoms with Gasteiger partial charge >= 0.3 is 0 Å². The van der Waals surface area contributed by atoms with Crippen LogP contribution in [0.5, 0.6) is 0 Å². The molecule has 76 valence electrons. The van der Waals surface area contributed by atoms with Crippen molar-refractivity contribution in [3.05, 3.63) is 41.7 Å². The van der Waals surface area contributed by atoms with Crippen LogP contribution in [-0.2, 0) is 6.42 Å². The maximum Gasteiger partial charge on any atom is 0.0310 e. The standard InChI is InChI=1S/C11H15ClN2/c1-9(12)8-14-10(2)7-11-3-5-13-6-4-11/h3-6,10,14H,1,7-8H2,2H3. The van der Waals surface area contributed by atoms with Gasteiger partial charge in [0.05, 0.1) is 0 Å². The van der Waals surface area contributed by atoms with Crippen molar-refractivity contribution in [1.82, 2.24) is 10.3 Å². The average molecular weight is 211 g/mol. The number of halogens is 1. The zero-order chi connectivity index (χ0) is 10.4. The first kappa shape index (κ1) is 11.2. The van der Waals surface area contributed by atoms with Crippen LogP contribution in [0.1, 0.15) is 12.5 Å². The lowest BCUT2D eigenvalue weighted by molar-refractivity contribution is 0.578. The van der Waals surface area contributed by atoms with Gasteiger partial charge in [-0.1, -0.05) is 18.2 Å². The summed E-state index contributed by atoms with van der Waals surface area (Å²) in [6, 6.07) is 4.44. The van der Waals surface area contributed by atoms with Crippen molar-refractivity contribution >= 4 is 11.6 Å². The molecule has 0 saturated heterocycles. The van der Waals surface area contributed by atoms with Crippen molar-refractivity contribution in [1.29, 1.82) is 0 Å². The second kappa shape index (κ2) is 5.78. The van der Waals surface area contributed by atoms with Crippen LogP contribution < -0.4 is 5.32 Å². The van der Waals surface area contributed by atoms with Crippen molar-refractivity contribution in [2.45, 2.75) is 19.4 Å². The Bertz CT molecular complexity index is 285. The van der Waals surface area contributed by atoms with Crippen LogP contribution in [0.4, 0.5) is 0 Å². The summed E-state index contributed by atoms with van der Waals surface area (Å²) < 4.78 is 0. The zero-order valence-electron chi connectivity index (χ0n) is 8.33. The Morgan fingerprint density at radius 2 is 2.21 bits per heavy atom. The van der Waals surface area contributed by atoms with Gasteiger partial charge in [-0.3, -0.25) is 4.98 Å². The quantitative estimate of drug-likeness (QED) is 0.807. The average Bonchev–Trinajstić information content (AvgIpc) is 2.16. The van der Waals surface area contributed by atoms with Gasteiger partial charge in [0.1, 0.15) is 0 Å². The molecule has 0 aliphatic heterocycles. The number of rotatable bonds is 5. The molecule has 2 nitrogen and oxygen atoms in total. The minimum absolute atomic E-state index is 0.396. The summed E-state index contributed by atoms with van der Waals surface area (Å²) in [5.41, 5.74) is 1.28. The molecule has 1 aromatic rings. The molecule has 0 bridgehead atoms. The van der Waals surface area contributed by atoms with E-state index in [2.05, 4.69) is 23.8 Å². The van der Waals surface area contributed by atoms with Crippen LogP contribution in [-0.4, -0.2) is 17.6 Å². The smallest absolute Gasteiger partial charge is 0.0310 e. The van der Waals surface area contributed by atoms with E-state index < -0.39 is 0 Å². The largest absolute Gasteiger partial charge is 0.309 e. The Morgan fingerprint density at radius 1 is 1.57 bits per heavy atom. The van der Waals surface area contributed by atoms with Gasteiger partial charge in [-0.25, -0.2) is 0 Å². The van der Waals surface area contributed by atoms with Crippen LogP contribution in [0.2, 0.25) is 0 Å². The van der Waals surface area contributed by atoms with E-state index in [1.54, 1.807) is 0 Å².